The topological polar surface area (TPSA) is 38.5 Å². The van der Waals surface area contributed by atoms with Crippen molar-refractivity contribution in [1.82, 2.24) is 4.90 Å². The molecule has 1 aromatic rings. The lowest BCUT2D eigenvalue weighted by atomic mass is 9.87. The molecule has 1 aromatic carbocycles. The predicted molar refractivity (Wildman–Crippen MR) is 79.5 cm³/mol. The van der Waals surface area contributed by atoms with Crippen LogP contribution in [0.25, 0.3) is 0 Å². The van der Waals surface area contributed by atoms with E-state index in [2.05, 4.69) is 36.9 Å². The summed E-state index contributed by atoms with van der Waals surface area (Å²) in [5.74, 6) is 1.53. The number of rotatable bonds is 4. The summed E-state index contributed by atoms with van der Waals surface area (Å²) in [4.78, 5) is 2.56. The van der Waals surface area contributed by atoms with E-state index in [0.717, 1.165) is 31.7 Å². The van der Waals surface area contributed by atoms with Gasteiger partial charge in [-0.05, 0) is 49.9 Å². The largest absolute Gasteiger partial charge is 0.497 e. The predicted octanol–water partition coefficient (Wildman–Crippen LogP) is 2.30. The highest BCUT2D eigenvalue weighted by Gasteiger charge is 2.29. The molecule has 1 fully saturated rings. The Labute approximate surface area is 116 Å². The highest BCUT2D eigenvalue weighted by Crippen LogP contribution is 2.22. The molecule has 0 spiro atoms. The molecular weight excluding hydrogens is 236 g/mol. The maximum atomic E-state index is 6.13. The van der Waals surface area contributed by atoms with Gasteiger partial charge in [-0.15, -0.1) is 0 Å². The van der Waals surface area contributed by atoms with E-state index < -0.39 is 0 Å². The summed E-state index contributed by atoms with van der Waals surface area (Å²) in [5.41, 5.74) is 7.47. The first-order valence-corrected chi connectivity index (χ1v) is 7.24. The summed E-state index contributed by atoms with van der Waals surface area (Å²) in [6.07, 6.45) is 2.19. The van der Waals surface area contributed by atoms with Gasteiger partial charge in [-0.25, -0.2) is 0 Å². The number of likely N-dealkylation sites (tertiary alicyclic amines) is 1. The third-order valence-electron chi connectivity index (χ3n) is 4.58. The first kappa shape index (κ1) is 14.4. The quantitative estimate of drug-likeness (QED) is 0.905. The van der Waals surface area contributed by atoms with Crippen LogP contribution in [0.2, 0.25) is 0 Å². The molecule has 1 saturated heterocycles. The lowest BCUT2D eigenvalue weighted by Crippen LogP contribution is -2.52. The van der Waals surface area contributed by atoms with Crippen LogP contribution in [0.5, 0.6) is 5.75 Å². The minimum atomic E-state index is 0.364. The smallest absolute Gasteiger partial charge is 0.119 e. The van der Waals surface area contributed by atoms with E-state index in [-0.39, 0.29) is 0 Å². The van der Waals surface area contributed by atoms with Gasteiger partial charge in [-0.3, -0.25) is 4.90 Å². The normalized spacial score (nSPS) is 28.3. The Kier molecular flexibility index (Phi) is 4.83. The fraction of sp³-hybridized carbons (Fsp3) is 0.625. The number of ether oxygens (including phenoxy) is 1. The zero-order chi connectivity index (χ0) is 13.8. The molecule has 3 atom stereocenters. The van der Waals surface area contributed by atoms with Crippen LogP contribution in [0.1, 0.15) is 25.8 Å². The maximum Gasteiger partial charge on any atom is 0.119 e. The molecule has 1 aliphatic rings. The van der Waals surface area contributed by atoms with Gasteiger partial charge in [-0.2, -0.15) is 0 Å². The van der Waals surface area contributed by atoms with Crippen molar-refractivity contribution in [1.29, 1.82) is 0 Å². The van der Waals surface area contributed by atoms with Crippen molar-refractivity contribution >= 4 is 0 Å². The molecule has 0 aromatic heterocycles. The average Bonchev–Trinajstić information content (AvgIpc) is 2.44. The molecule has 3 nitrogen and oxygen atoms in total. The molecule has 3 heteroatoms. The zero-order valence-corrected chi connectivity index (χ0v) is 12.3. The molecule has 2 rings (SSSR count). The molecule has 19 heavy (non-hydrogen) atoms. The van der Waals surface area contributed by atoms with E-state index >= 15 is 0 Å². The zero-order valence-electron chi connectivity index (χ0n) is 12.3. The van der Waals surface area contributed by atoms with Crippen LogP contribution in [0.15, 0.2) is 24.3 Å². The second kappa shape index (κ2) is 6.40. The summed E-state index contributed by atoms with van der Waals surface area (Å²) in [7, 11) is 1.72. The van der Waals surface area contributed by atoms with Crippen molar-refractivity contribution < 1.29 is 4.74 Å². The average molecular weight is 262 g/mol. The van der Waals surface area contributed by atoms with Gasteiger partial charge in [0.25, 0.3) is 0 Å². The van der Waals surface area contributed by atoms with E-state index in [0.29, 0.717) is 18.0 Å². The third-order valence-corrected chi connectivity index (χ3v) is 4.58. The van der Waals surface area contributed by atoms with Crippen LogP contribution >= 0.6 is 0 Å². The third kappa shape index (κ3) is 3.48. The Morgan fingerprint density at radius 3 is 2.89 bits per heavy atom. The SMILES string of the molecule is COc1cccc(CCN2CCC(N)C(C)C2C)c1. The summed E-state index contributed by atoms with van der Waals surface area (Å²) in [6, 6.07) is 9.30. The monoisotopic (exact) mass is 262 g/mol. The van der Waals surface area contributed by atoms with Crippen LogP contribution in [-0.2, 0) is 6.42 Å². The molecule has 0 saturated carbocycles. The van der Waals surface area contributed by atoms with E-state index in [1.54, 1.807) is 7.11 Å². The van der Waals surface area contributed by atoms with Gasteiger partial charge in [0, 0.05) is 18.6 Å². The van der Waals surface area contributed by atoms with Crippen LogP contribution in [-0.4, -0.2) is 37.2 Å². The molecule has 1 aliphatic heterocycles. The molecule has 0 aliphatic carbocycles. The summed E-state index contributed by atoms with van der Waals surface area (Å²) in [6.45, 7) is 6.80. The number of piperidine rings is 1. The van der Waals surface area contributed by atoms with E-state index in [1.165, 1.54) is 5.56 Å². The number of hydrogen-bond acceptors (Lipinski definition) is 3. The molecule has 0 bridgehead atoms. The molecule has 0 radical (unpaired) electrons. The number of hydrogen-bond donors (Lipinski definition) is 1. The first-order chi connectivity index (χ1) is 9.11. The second-order valence-electron chi connectivity index (χ2n) is 5.69. The summed E-state index contributed by atoms with van der Waals surface area (Å²) in [5, 5.41) is 0. The van der Waals surface area contributed by atoms with Crippen LogP contribution in [0, 0.1) is 5.92 Å². The standard InChI is InChI=1S/C16H26N2O/c1-12-13(2)18(10-8-16(12)17)9-7-14-5-4-6-15(11-14)19-3/h4-6,11-13,16H,7-10,17H2,1-3H3. The Morgan fingerprint density at radius 2 is 2.16 bits per heavy atom. The minimum absolute atomic E-state index is 0.364. The maximum absolute atomic E-state index is 6.13. The highest BCUT2D eigenvalue weighted by atomic mass is 16.5. The second-order valence-corrected chi connectivity index (χ2v) is 5.69. The van der Waals surface area contributed by atoms with Gasteiger partial charge >= 0.3 is 0 Å². The lowest BCUT2D eigenvalue weighted by Gasteiger charge is -2.41. The fourth-order valence-corrected chi connectivity index (χ4v) is 2.89. The van der Waals surface area contributed by atoms with Gasteiger partial charge in [0.05, 0.1) is 7.11 Å². The van der Waals surface area contributed by atoms with Gasteiger partial charge in [0.2, 0.25) is 0 Å². The first-order valence-electron chi connectivity index (χ1n) is 7.24. The van der Waals surface area contributed by atoms with Crippen molar-refractivity contribution in [2.24, 2.45) is 11.7 Å². The van der Waals surface area contributed by atoms with Crippen molar-refractivity contribution in [3.63, 3.8) is 0 Å². The molecule has 0 amide bonds. The van der Waals surface area contributed by atoms with Crippen molar-refractivity contribution in [3.8, 4) is 5.75 Å². The Bertz CT molecular complexity index is 407. The van der Waals surface area contributed by atoms with Gasteiger partial charge in [0.1, 0.15) is 5.75 Å². The van der Waals surface area contributed by atoms with Gasteiger partial charge in [0.15, 0.2) is 0 Å². The van der Waals surface area contributed by atoms with Crippen LogP contribution < -0.4 is 10.5 Å². The Balaban J connectivity index is 1.91. The molecule has 3 unspecified atom stereocenters. The molecule has 2 N–H and O–H groups in total. The Hall–Kier alpha value is -1.06. The van der Waals surface area contributed by atoms with E-state index in [9.17, 15) is 0 Å². The molecular formula is C16H26N2O. The molecule has 1 heterocycles. The van der Waals surface area contributed by atoms with Crippen LogP contribution in [0.4, 0.5) is 0 Å². The van der Waals surface area contributed by atoms with Gasteiger partial charge in [-0.1, -0.05) is 19.1 Å². The summed E-state index contributed by atoms with van der Waals surface area (Å²) >= 11 is 0. The lowest BCUT2D eigenvalue weighted by molar-refractivity contribution is 0.0992. The van der Waals surface area contributed by atoms with E-state index in [4.69, 9.17) is 10.5 Å². The van der Waals surface area contributed by atoms with Crippen LogP contribution in [0.3, 0.4) is 0 Å². The Morgan fingerprint density at radius 1 is 1.37 bits per heavy atom. The number of nitrogens with zero attached hydrogens (tertiary/aromatic N) is 1. The molecule has 106 valence electrons. The number of benzene rings is 1. The van der Waals surface area contributed by atoms with Crippen molar-refractivity contribution in [3.05, 3.63) is 29.8 Å². The number of nitrogens with two attached hydrogens (primary N) is 1. The van der Waals surface area contributed by atoms with Gasteiger partial charge < -0.3 is 10.5 Å². The minimum Gasteiger partial charge on any atom is -0.497 e. The summed E-state index contributed by atoms with van der Waals surface area (Å²) < 4.78 is 5.27. The van der Waals surface area contributed by atoms with E-state index in [1.807, 2.05) is 6.07 Å². The highest BCUT2D eigenvalue weighted by molar-refractivity contribution is 5.28. The number of methoxy groups -OCH3 is 1. The van der Waals surface area contributed by atoms with Crippen molar-refractivity contribution in [2.45, 2.75) is 38.8 Å². The fourth-order valence-electron chi connectivity index (χ4n) is 2.89. The van der Waals surface area contributed by atoms with Crippen molar-refractivity contribution in [2.75, 3.05) is 20.2 Å².